The van der Waals surface area contributed by atoms with Crippen LogP contribution in [-0.2, 0) is 21.4 Å². The summed E-state index contributed by atoms with van der Waals surface area (Å²) in [5.41, 5.74) is 3.48. The molecule has 2 N–H and O–H groups in total. The summed E-state index contributed by atoms with van der Waals surface area (Å²) in [4.78, 5) is 17.3. The number of sulfonamides is 1. The first kappa shape index (κ1) is 28.0. The van der Waals surface area contributed by atoms with Crippen LogP contribution in [0.1, 0.15) is 17.5 Å². The quantitative estimate of drug-likeness (QED) is 0.209. The fraction of sp³-hybridized carbons (Fsp3) is 0.214. The average Bonchev–Trinajstić information content (AvgIpc) is 2.89. The van der Waals surface area contributed by atoms with Crippen molar-refractivity contribution in [1.29, 1.82) is 0 Å². The maximum absolute atomic E-state index is 13.4. The van der Waals surface area contributed by atoms with Crippen molar-refractivity contribution >= 4 is 60.1 Å². The van der Waals surface area contributed by atoms with Gasteiger partial charge in [0.25, 0.3) is 0 Å². The van der Waals surface area contributed by atoms with E-state index in [1.807, 2.05) is 55.5 Å². The van der Waals surface area contributed by atoms with Crippen LogP contribution in [0, 0.1) is 6.92 Å². The molecule has 0 saturated heterocycles. The molecule has 4 rings (SSSR count). The zero-order valence-corrected chi connectivity index (χ0v) is 24.0. The second-order valence-corrected chi connectivity index (χ2v) is 12.2. The van der Waals surface area contributed by atoms with Crippen LogP contribution in [0.5, 0.6) is 0 Å². The van der Waals surface area contributed by atoms with Crippen molar-refractivity contribution in [2.24, 2.45) is 0 Å². The number of aromatic nitrogens is 1. The van der Waals surface area contributed by atoms with Gasteiger partial charge in [0, 0.05) is 46.4 Å². The van der Waals surface area contributed by atoms with Crippen molar-refractivity contribution < 1.29 is 13.2 Å². The Hall–Kier alpha value is -2.98. The van der Waals surface area contributed by atoms with Gasteiger partial charge in [0.2, 0.25) is 15.9 Å². The van der Waals surface area contributed by atoms with Gasteiger partial charge in [-0.1, -0.05) is 57.4 Å². The second-order valence-electron chi connectivity index (χ2n) is 8.86. The number of carbonyl (C=O) groups excluding carboxylic acids is 1. The predicted octanol–water partition coefficient (Wildman–Crippen LogP) is 5.77. The molecular weight excluding hydrogens is 588 g/mol. The Bertz CT molecular complexity index is 1510. The smallest absolute Gasteiger partial charge is 0.243 e. The zero-order valence-electron chi connectivity index (χ0n) is 20.8. The van der Waals surface area contributed by atoms with Gasteiger partial charge in [-0.3, -0.25) is 9.78 Å². The number of hydrogen-bond donors (Lipinski definition) is 2. The van der Waals surface area contributed by atoms with Crippen molar-refractivity contribution in [2.75, 3.05) is 25.0 Å². The Balaban J connectivity index is 1.36. The number of nitrogens with zero attached hydrogens (tertiary/aromatic N) is 2. The van der Waals surface area contributed by atoms with Gasteiger partial charge in [-0.15, -0.1) is 0 Å². The molecule has 0 bridgehead atoms. The Morgan fingerprint density at radius 1 is 1.00 bits per heavy atom. The highest BCUT2D eigenvalue weighted by Crippen LogP contribution is 2.24. The molecule has 4 aromatic rings. The van der Waals surface area contributed by atoms with Crippen LogP contribution in [0.2, 0.25) is 5.02 Å². The topological polar surface area (TPSA) is 91.4 Å². The largest absolute Gasteiger partial charge is 0.384 e. The van der Waals surface area contributed by atoms with E-state index >= 15 is 0 Å². The Morgan fingerprint density at radius 3 is 2.47 bits per heavy atom. The number of amides is 1. The van der Waals surface area contributed by atoms with Crippen molar-refractivity contribution in [1.82, 2.24) is 14.6 Å². The third-order valence-corrected chi connectivity index (χ3v) is 8.52. The number of fused-ring (bicyclic) bond motifs is 1. The molecular formula is C28H28BrClN4O3S. The highest BCUT2D eigenvalue weighted by atomic mass is 79.9. The lowest BCUT2D eigenvalue weighted by Crippen LogP contribution is -2.40. The molecule has 3 aromatic carbocycles. The molecule has 0 aliphatic carbocycles. The highest BCUT2D eigenvalue weighted by molar-refractivity contribution is 9.10. The highest BCUT2D eigenvalue weighted by Gasteiger charge is 2.26. The number of aryl methyl sites for hydroxylation is 1. The molecule has 1 amide bonds. The van der Waals surface area contributed by atoms with Gasteiger partial charge >= 0.3 is 0 Å². The molecule has 198 valence electrons. The molecule has 1 aromatic heterocycles. The van der Waals surface area contributed by atoms with Gasteiger partial charge in [0.1, 0.15) is 0 Å². The summed E-state index contributed by atoms with van der Waals surface area (Å²) in [5.74, 6) is -0.359. The first-order valence-corrected chi connectivity index (χ1v) is 14.7. The van der Waals surface area contributed by atoms with Gasteiger partial charge in [0.15, 0.2) is 0 Å². The zero-order chi connectivity index (χ0) is 27.1. The van der Waals surface area contributed by atoms with Crippen LogP contribution in [0.25, 0.3) is 10.9 Å². The number of nitrogens with one attached hydrogen (secondary N) is 2. The van der Waals surface area contributed by atoms with Crippen LogP contribution in [-0.4, -0.2) is 43.2 Å². The lowest BCUT2D eigenvalue weighted by atomic mass is 10.2. The number of carbonyl (C=O) groups is 1. The maximum atomic E-state index is 13.4. The van der Waals surface area contributed by atoms with Crippen LogP contribution >= 0.6 is 27.5 Å². The lowest BCUT2D eigenvalue weighted by molar-refractivity contribution is -0.121. The first-order chi connectivity index (χ1) is 18.2. The number of benzene rings is 3. The van der Waals surface area contributed by atoms with Gasteiger partial charge in [-0.25, -0.2) is 8.42 Å². The van der Waals surface area contributed by atoms with Crippen LogP contribution in [0.3, 0.4) is 0 Å². The summed E-state index contributed by atoms with van der Waals surface area (Å²) in [7, 11) is -3.88. The number of halogens is 2. The average molecular weight is 616 g/mol. The predicted molar refractivity (Wildman–Crippen MR) is 156 cm³/mol. The Labute approximate surface area is 236 Å². The summed E-state index contributed by atoms with van der Waals surface area (Å²) in [5, 5.41) is 7.81. The van der Waals surface area contributed by atoms with E-state index in [0.717, 1.165) is 32.2 Å². The molecule has 0 aliphatic rings. The van der Waals surface area contributed by atoms with Crippen LogP contribution in [0.15, 0.2) is 88.4 Å². The molecule has 38 heavy (non-hydrogen) atoms. The Morgan fingerprint density at radius 2 is 1.74 bits per heavy atom. The van der Waals surface area contributed by atoms with E-state index in [1.54, 1.807) is 30.5 Å². The number of pyridine rings is 1. The first-order valence-electron chi connectivity index (χ1n) is 12.1. The fourth-order valence-corrected chi connectivity index (χ4v) is 5.72. The van der Waals surface area contributed by atoms with Crippen molar-refractivity contribution in [3.63, 3.8) is 0 Å². The summed E-state index contributed by atoms with van der Waals surface area (Å²) in [6.07, 6.45) is 2.37. The minimum atomic E-state index is -3.88. The molecule has 7 nitrogen and oxygen atoms in total. The standard InChI is InChI=1S/C28H28BrClN4O3S/c1-20-3-10-24(11-4-20)38(36,37)34(18-21-5-7-22(29)8-6-21)19-28(35)33-15-2-14-31-26-13-16-32-27-17-23(30)9-12-25(26)27/h3-13,16-17H,2,14-15,18-19H2,1H3,(H,31,32)(H,33,35). The monoisotopic (exact) mass is 614 g/mol. The van der Waals surface area contributed by atoms with E-state index in [4.69, 9.17) is 11.6 Å². The van der Waals surface area contributed by atoms with E-state index in [-0.39, 0.29) is 23.9 Å². The molecule has 0 saturated carbocycles. The normalized spacial score (nSPS) is 11.6. The van der Waals surface area contributed by atoms with Gasteiger partial charge in [0.05, 0.1) is 17.0 Å². The summed E-state index contributed by atoms with van der Waals surface area (Å²) < 4.78 is 29.0. The second kappa shape index (κ2) is 12.7. The lowest BCUT2D eigenvalue weighted by Gasteiger charge is -2.22. The van der Waals surface area contributed by atoms with Gasteiger partial charge in [-0.05, 0) is 67.4 Å². The number of hydrogen-bond acceptors (Lipinski definition) is 5. The summed E-state index contributed by atoms with van der Waals surface area (Å²) in [6.45, 7) is 2.71. The molecule has 0 fully saturated rings. The minimum absolute atomic E-state index is 0.0810. The summed E-state index contributed by atoms with van der Waals surface area (Å²) >= 11 is 9.46. The molecule has 0 atom stereocenters. The van der Waals surface area contributed by atoms with Crippen LogP contribution < -0.4 is 10.6 Å². The third-order valence-electron chi connectivity index (χ3n) is 5.95. The van der Waals surface area contributed by atoms with E-state index in [0.29, 0.717) is 24.5 Å². The number of rotatable bonds is 11. The third kappa shape index (κ3) is 7.32. The molecule has 1 heterocycles. The van der Waals surface area contributed by atoms with Crippen molar-refractivity contribution in [3.8, 4) is 0 Å². The summed E-state index contributed by atoms with van der Waals surface area (Å²) in [6, 6.07) is 21.4. The van der Waals surface area contributed by atoms with E-state index in [1.165, 1.54) is 4.31 Å². The van der Waals surface area contributed by atoms with Crippen molar-refractivity contribution in [2.45, 2.75) is 24.8 Å². The Kier molecular flexibility index (Phi) is 9.38. The minimum Gasteiger partial charge on any atom is -0.384 e. The van der Waals surface area contributed by atoms with Gasteiger partial charge in [-0.2, -0.15) is 4.31 Å². The SMILES string of the molecule is Cc1ccc(S(=O)(=O)N(CC(=O)NCCCNc2ccnc3cc(Cl)ccc23)Cc2ccc(Br)cc2)cc1. The van der Waals surface area contributed by atoms with Gasteiger partial charge < -0.3 is 10.6 Å². The molecule has 0 aliphatic heterocycles. The van der Waals surface area contributed by atoms with E-state index < -0.39 is 10.0 Å². The molecule has 0 radical (unpaired) electrons. The van der Waals surface area contributed by atoms with E-state index in [9.17, 15) is 13.2 Å². The van der Waals surface area contributed by atoms with E-state index in [2.05, 4.69) is 31.5 Å². The maximum Gasteiger partial charge on any atom is 0.243 e. The molecule has 0 spiro atoms. The molecule has 10 heteroatoms. The van der Waals surface area contributed by atoms with Crippen molar-refractivity contribution in [3.05, 3.63) is 99.6 Å². The molecule has 0 unspecified atom stereocenters. The fourth-order valence-electron chi connectivity index (χ4n) is 3.91. The number of anilines is 1. The van der Waals surface area contributed by atoms with Crippen LogP contribution in [0.4, 0.5) is 5.69 Å².